The summed E-state index contributed by atoms with van der Waals surface area (Å²) in [6.07, 6.45) is 5.38. The molecule has 1 saturated heterocycles. The number of nitrogens with one attached hydrogen (secondary N) is 1. The highest BCUT2D eigenvalue weighted by molar-refractivity contribution is 7.23. The van der Waals surface area contributed by atoms with Crippen LogP contribution in [0.3, 0.4) is 0 Å². The summed E-state index contributed by atoms with van der Waals surface area (Å²) in [6.45, 7) is 6.71. The third-order valence-electron chi connectivity index (χ3n) is 8.16. The largest absolute Gasteiger partial charge is 0.444 e. The molecule has 0 saturated carbocycles. The van der Waals surface area contributed by atoms with Crippen LogP contribution in [-0.2, 0) is 29.7 Å². The molecule has 0 radical (unpaired) electrons. The summed E-state index contributed by atoms with van der Waals surface area (Å²) in [5, 5.41) is 13.7. The number of rotatable bonds is 4. The molecule has 45 heavy (non-hydrogen) atoms. The van der Waals surface area contributed by atoms with E-state index in [1.807, 2.05) is 22.7 Å². The van der Waals surface area contributed by atoms with Crippen LogP contribution in [0.25, 0.3) is 32.1 Å². The number of aromatic nitrogens is 4. The van der Waals surface area contributed by atoms with E-state index >= 15 is 8.78 Å². The first kappa shape index (κ1) is 29.1. The van der Waals surface area contributed by atoms with Gasteiger partial charge in [0.25, 0.3) is 0 Å². The monoisotopic (exact) mass is 629 g/mol. The van der Waals surface area contributed by atoms with Crippen molar-refractivity contribution in [3.8, 4) is 17.2 Å². The van der Waals surface area contributed by atoms with Crippen LogP contribution in [0.15, 0.2) is 30.7 Å². The van der Waals surface area contributed by atoms with Crippen molar-refractivity contribution >= 4 is 49.4 Å². The highest BCUT2D eigenvalue weighted by atomic mass is 32.1. The van der Waals surface area contributed by atoms with Gasteiger partial charge < -0.3 is 18.9 Å². The Balaban J connectivity index is 1.37. The van der Waals surface area contributed by atoms with Crippen molar-refractivity contribution in [1.82, 2.24) is 19.5 Å². The van der Waals surface area contributed by atoms with Gasteiger partial charge in [0.1, 0.15) is 33.8 Å². The quantitative estimate of drug-likeness (QED) is 0.232. The number of hydrogen-bond donors (Lipinski definition) is 1. The topological polar surface area (TPSA) is 118 Å². The van der Waals surface area contributed by atoms with E-state index in [9.17, 15) is 10.1 Å². The van der Waals surface area contributed by atoms with Crippen LogP contribution < -0.4 is 10.2 Å². The number of nitriles is 1. The predicted molar refractivity (Wildman–Crippen MR) is 166 cm³/mol. The molecular weight excluding hydrogens is 600 g/mol. The van der Waals surface area contributed by atoms with E-state index < -0.39 is 23.3 Å². The third-order valence-corrected chi connectivity index (χ3v) is 9.23. The van der Waals surface area contributed by atoms with Gasteiger partial charge in [-0.15, -0.1) is 11.3 Å². The summed E-state index contributed by atoms with van der Waals surface area (Å²) in [6, 6.07) is 4.85. The van der Waals surface area contributed by atoms with Gasteiger partial charge in [-0.2, -0.15) is 5.26 Å². The van der Waals surface area contributed by atoms with E-state index in [1.54, 1.807) is 33.2 Å². The summed E-state index contributed by atoms with van der Waals surface area (Å²) in [4.78, 5) is 28.4. The number of imidazole rings is 1. The minimum atomic E-state index is -0.769. The van der Waals surface area contributed by atoms with Crippen LogP contribution in [-0.4, -0.2) is 44.3 Å². The smallest absolute Gasteiger partial charge is 0.412 e. The number of ether oxygens (including phenoxy) is 2. The summed E-state index contributed by atoms with van der Waals surface area (Å²) >= 11 is 1.09. The molecule has 0 aliphatic carbocycles. The molecule has 1 unspecified atom stereocenters. The molecule has 10 nitrogen and oxygen atoms in total. The Labute approximate surface area is 261 Å². The molecule has 13 heteroatoms. The minimum absolute atomic E-state index is 0.00632. The van der Waals surface area contributed by atoms with E-state index in [4.69, 9.17) is 9.47 Å². The van der Waals surface area contributed by atoms with E-state index in [1.165, 1.54) is 12.1 Å². The zero-order valence-electron chi connectivity index (χ0n) is 25.1. The number of halogens is 2. The van der Waals surface area contributed by atoms with Crippen molar-refractivity contribution < 1.29 is 23.0 Å². The lowest BCUT2D eigenvalue weighted by Crippen LogP contribution is -2.27. The Morgan fingerprint density at radius 3 is 2.73 bits per heavy atom. The summed E-state index contributed by atoms with van der Waals surface area (Å²) < 4.78 is 46.4. The maximum atomic E-state index is 16.9. The van der Waals surface area contributed by atoms with Gasteiger partial charge in [0.2, 0.25) is 5.95 Å². The van der Waals surface area contributed by atoms with E-state index in [-0.39, 0.29) is 51.7 Å². The Bertz CT molecular complexity index is 2060. The molecule has 1 atom stereocenters. The highest BCUT2D eigenvalue weighted by Gasteiger charge is 2.33. The SMILES string of the molecule is Cn1ccnc1C1CCN(c2ncc3c4c(c(-c5c(F)ccc6sc(NC(=O)OC(C)(C)C)c(C#N)c56)c(F)c3n2)COC4)C1. The highest BCUT2D eigenvalue weighted by Crippen LogP contribution is 2.47. The maximum absolute atomic E-state index is 16.9. The number of anilines is 2. The van der Waals surface area contributed by atoms with Gasteiger partial charge in [-0.1, -0.05) is 0 Å². The molecule has 5 aromatic rings. The van der Waals surface area contributed by atoms with Crippen molar-refractivity contribution in [1.29, 1.82) is 5.26 Å². The number of nitrogens with zero attached hydrogens (tertiary/aromatic N) is 6. The van der Waals surface area contributed by atoms with Gasteiger partial charge >= 0.3 is 6.09 Å². The van der Waals surface area contributed by atoms with Crippen LogP contribution in [0, 0.1) is 23.0 Å². The van der Waals surface area contributed by atoms with E-state index in [0.29, 0.717) is 40.3 Å². The molecule has 1 N–H and O–H groups in total. The molecule has 1 fully saturated rings. The normalized spacial score (nSPS) is 16.4. The number of hydrogen-bond acceptors (Lipinski definition) is 9. The number of benzene rings is 2. The van der Waals surface area contributed by atoms with Gasteiger partial charge in [-0.3, -0.25) is 5.32 Å². The fourth-order valence-corrected chi connectivity index (χ4v) is 7.29. The molecule has 2 aliphatic heterocycles. The number of aryl methyl sites for hydroxylation is 1. The minimum Gasteiger partial charge on any atom is -0.444 e. The second-order valence-corrected chi connectivity index (χ2v) is 13.3. The molecule has 5 heterocycles. The van der Waals surface area contributed by atoms with Gasteiger partial charge in [-0.25, -0.2) is 28.5 Å². The fraction of sp³-hybridized carbons (Fsp3) is 0.344. The lowest BCUT2D eigenvalue weighted by molar-refractivity contribution is 0.0636. The molecule has 230 valence electrons. The Morgan fingerprint density at radius 2 is 2.00 bits per heavy atom. The second-order valence-electron chi connectivity index (χ2n) is 12.2. The van der Waals surface area contributed by atoms with Gasteiger partial charge in [0.15, 0.2) is 5.82 Å². The van der Waals surface area contributed by atoms with Gasteiger partial charge in [-0.05, 0) is 50.5 Å². The maximum Gasteiger partial charge on any atom is 0.412 e. The summed E-state index contributed by atoms with van der Waals surface area (Å²) in [5.74, 6) is 0.0884. The molecule has 2 aliphatic rings. The Kier molecular flexibility index (Phi) is 6.94. The van der Waals surface area contributed by atoms with Gasteiger partial charge in [0, 0.05) is 71.2 Å². The third kappa shape index (κ3) is 4.94. The zero-order valence-corrected chi connectivity index (χ0v) is 25.9. The number of carbonyl (C=O) groups is 1. The first-order valence-electron chi connectivity index (χ1n) is 14.5. The Morgan fingerprint density at radius 1 is 1.20 bits per heavy atom. The standard InChI is InChI=1S/C32H29F2N7O3S/c1-32(2,3)44-31(42)39-29-17(11-35)23-22(45-29)6-5-21(33)25(23)24-20-15-43-14-19(20)18-12-37-30(38-27(18)26(24)34)41-9-7-16(13-41)28-36-8-10-40(28)4/h5-6,8,10,12,16H,7,9,13-15H2,1-4H3,(H,39,42). The predicted octanol–water partition coefficient (Wildman–Crippen LogP) is 6.77. The average molecular weight is 630 g/mol. The molecule has 2 aromatic carbocycles. The lowest BCUT2D eigenvalue weighted by Gasteiger charge is -2.19. The molecule has 7 rings (SSSR count). The van der Waals surface area contributed by atoms with Crippen molar-refractivity contribution in [2.45, 2.75) is 51.9 Å². The van der Waals surface area contributed by atoms with Crippen molar-refractivity contribution in [2.75, 3.05) is 23.3 Å². The average Bonchev–Trinajstić information content (AvgIpc) is 3.79. The molecular formula is C32H29F2N7O3S. The Hall–Kier alpha value is -4.67. The summed E-state index contributed by atoms with van der Waals surface area (Å²) in [5.41, 5.74) is 0.380. The summed E-state index contributed by atoms with van der Waals surface area (Å²) in [7, 11) is 1.96. The first-order valence-corrected chi connectivity index (χ1v) is 15.3. The molecule has 0 spiro atoms. The number of carbonyl (C=O) groups excluding carboxylic acids is 1. The van der Waals surface area contributed by atoms with E-state index in [0.717, 1.165) is 23.6 Å². The second kappa shape index (κ2) is 10.7. The fourth-order valence-electron chi connectivity index (χ4n) is 6.24. The van der Waals surface area contributed by atoms with Crippen LogP contribution in [0.4, 0.5) is 24.5 Å². The van der Waals surface area contributed by atoms with Crippen LogP contribution >= 0.6 is 11.3 Å². The van der Waals surface area contributed by atoms with Crippen LogP contribution in [0.2, 0.25) is 0 Å². The van der Waals surface area contributed by atoms with Crippen molar-refractivity contribution in [2.24, 2.45) is 7.05 Å². The molecule has 3 aromatic heterocycles. The number of fused-ring (bicyclic) bond motifs is 4. The van der Waals surface area contributed by atoms with Gasteiger partial charge in [0.05, 0.1) is 18.8 Å². The van der Waals surface area contributed by atoms with E-state index in [2.05, 4.69) is 26.3 Å². The first-order chi connectivity index (χ1) is 21.5. The zero-order chi connectivity index (χ0) is 31.6. The van der Waals surface area contributed by atoms with Crippen molar-refractivity contribution in [3.05, 3.63) is 64.9 Å². The number of thiophene rings is 1. The molecule has 0 bridgehead atoms. The molecule has 1 amide bonds. The lowest BCUT2D eigenvalue weighted by atomic mass is 9.90. The number of amides is 1. The van der Waals surface area contributed by atoms with Crippen LogP contribution in [0.1, 0.15) is 55.6 Å². The van der Waals surface area contributed by atoms with Crippen molar-refractivity contribution in [3.63, 3.8) is 0 Å². The van der Waals surface area contributed by atoms with Crippen LogP contribution in [0.5, 0.6) is 0 Å².